The SMILES string of the molecule is Cn1nnnc1SCCCNCc1ccccc1F.[Cl-]. The van der Waals surface area contributed by atoms with Gasteiger partial charge >= 0.3 is 0 Å². The average Bonchev–Trinajstić information content (AvgIpc) is 2.81. The predicted octanol–water partition coefficient (Wildman–Crippen LogP) is -1.37. The Morgan fingerprint density at radius 2 is 2.15 bits per heavy atom. The molecule has 1 N–H and O–H groups in total. The van der Waals surface area contributed by atoms with Crippen molar-refractivity contribution < 1.29 is 16.8 Å². The second-order valence-electron chi connectivity index (χ2n) is 4.06. The number of aromatic nitrogens is 4. The Kier molecular flexibility index (Phi) is 7.50. The van der Waals surface area contributed by atoms with Gasteiger partial charge in [-0.3, -0.25) is 0 Å². The zero-order chi connectivity index (χ0) is 13.5. The van der Waals surface area contributed by atoms with Gasteiger partial charge in [0.15, 0.2) is 0 Å². The molecule has 1 heterocycles. The van der Waals surface area contributed by atoms with Crippen molar-refractivity contribution in [1.82, 2.24) is 25.5 Å². The smallest absolute Gasteiger partial charge is 0.209 e. The van der Waals surface area contributed by atoms with Crippen molar-refractivity contribution in [3.63, 3.8) is 0 Å². The highest BCUT2D eigenvalue weighted by Gasteiger charge is 2.02. The van der Waals surface area contributed by atoms with E-state index in [9.17, 15) is 4.39 Å². The molecular weight excluding hydrogens is 301 g/mol. The molecule has 0 bridgehead atoms. The van der Waals surface area contributed by atoms with E-state index < -0.39 is 0 Å². The molecule has 2 rings (SSSR count). The molecule has 0 saturated heterocycles. The third kappa shape index (κ3) is 5.07. The summed E-state index contributed by atoms with van der Waals surface area (Å²) in [4.78, 5) is 0. The van der Waals surface area contributed by atoms with Gasteiger partial charge in [0, 0.05) is 24.9 Å². The second kappa shape index (κ2) is 8.89. The number of hydrogen-bond acceptors (Lipinski definition) is 5. The van der Waals surface area contributed by atoms with Crippen LogP contribution in [0.5, 0.6) is 0 Å². The first kappa shape index (κ1) is 16.9. The van der Waals surface area contributed by atoms with Crippen LogP contribution in [0.1, 0.15) is 12.0 Å². The first-order valence-electron chi connectivity index (χ1n) is 6.06. The van der Waals surface area contributed by atoms with E-state index in [1.165, 1.54) is 6.07 Å². The van der Waals surface area contributed by atoms with Crippen LogP contribution in [-0.4, -0.2) is 32.5 Å². The van der Waals surface area contributed by atoms with Gasteiger partial charge in [-0.25, -0.2) is 9.07 Å². The van der Waals surface area contributed by atoms with Crippen molar-refractivity contribution in [2.75, 3.05) is 12.3 Å². The molecule has 0 saturated carbocycles. The molecule has 0 unspecified atom stereocenters. The van der Waals surface area contributed by atoms with Crippen LogP contribution in [0, 0.1) is 5.82 Å². The Morgan fingerprint density at radius 1 is 1.35 bits per heavy atom. The number of hydrogen-bond donors (Lipinski definition) is 1. The van der Waals surface area contributed by atoms with Crippen molar-refractivity contribution in [2.24, 2.45) is 7.05 Å². The minimum Gasteiger partial charge on any atom is -1.00 e. The van der Waals surface area contributed by atoms with E-state index in [1.54, 1.807) is 28.6 Å². The molecule has 0 aliphatic heterocycles. The summed E-state index contributed by atoms with van der Waals surface area (Å²) in [7, 11) is 1.82. The van der Waals surface area contributed by atoms with Gasteiger partial charge in [-0.2, -0.15) is 0 Å². The zero-order valence-electron chi connectivity index (χ0n) is 11.1. The highest BCUT2D eigenvalue weighted by Crippen LogP contribution is 2.12. The van der Waals surface area contributed by atoms with Crippen molar-refractivity contribution in [1.29, 1.82) is 0 Å². The molecule has 1 aromatic carbocycles. The second-order valence-corrected chi connectivity index (χ2v) is 5.12. The van der Waals surface area contributed by atoms with Gasteiger partial charge < -0.3 is 17.7 Å². The van der Waals surface area contributed by atoms with Crippen molar-refractivity contribution >= 4 is 11.8 Å². The van der Waals surface area contributed by atoms with Crippen LogP contribution >= 0.6 is 11.8 Å². The van der Waals surface area contributed by atoms with Gasteiger partial charge in [0.25, 0.3) is 0 Å². The highest BCUT2D eigenvalue weighted by atomic mass is 35.5. The standard InChI is InChI=1S/C12H16FN5S.ClH/c1-18-12(15-16-17-18)19-8-4-7-14-9-10-5-2-3-6-11(10)13;/h2-3,5-6,14H,4,7-9H2,1H3;1H/p-1. The number of halogens is 2. The number of nitrogens with zero attached hydrogens (tertiary/aromatic N) is 4. The summed E-state index contributed by atoms with van der Waals surface area (Å²) in [5.41, 5.74) is 0.702. The van der Waals surface area contributed by atoms with E-state index in [1.807, 2.05) is 13.1 Å². The maximum absolute atomic E-state index is 13.3. The summed E-state index contributed by atoms with van der Waals surface area (Å²) in [6, 6.07) is 6.82. The fourth-order valence-corrected chi connectivity index (χ4v) is 2.36. The summed E-state index contributed by atoms with van der Waals surface area (Å²) < 4.78 is 15.0. The topological polar surface area (TPSA) is 55.6 Å². The number of rotatable bonds is 7. The molecule has 0 aliphatic rings. The van der Waals surface area contributed by atoms with Crippen LogP contribution in [0.4, 0.5) is 4.39 Å². The lowest BCUT2D eigenvalue weighted by molar-refractivity contribution is -0.00000471. The zero-order valence-corrected chi connectivity index (χ0v) is 12.7. The van der Waals surface area contributed by atoms with E-state index in [0.29, 0.717) is 12.1 Å². The molecule has 0 atom stereocenters. The lowest BCUT2D eigenvalue weighted by atomic mass is 10.2. The van der Waals surface area contributed by atoms with Crippen molar-refractivity contribution in [3.8, 4) is 0 Å². The Labute approximate surface area is 127 Å². The van der Waals surface area contributed by atoms with E-state index in [-0.39, 0.29) is 18.2 Å². The molecular formula is C12H16ClFN5S-. The van der Waals surface area contributed by atoms with E-state index in [4.69, 9.17) is 0 Å². The maximum atomic E-state index is 13.3. The van der Waals surface area contributed by atoms with Gasteiger partial charge in [-0.1, -0.05) is 30.0 Å². The summed E-state index contributed by atoms with van der Waals surface area (Å²) in [6.07, 6.45) is 0.978. The van der Waals surface area contributed by atoms with Gasteiger partial charge in [-0.05, 0) is 29.5 Å². The summed E-state index contributed by atoms with van der Waals surface area (Å²) in [5, 5.41) is 15.3. The average molecular weight is 317 g/mol. The Balaban J connectivity index is 0.00000200. The number of tetrazole rings is 1. The summed E-state index contributed by atoms with van der Waals surface area (Å²) in [6.45, 7) is 1.40. The van der Waals surface area contributed by atoms with Crippen molar-refractivity contribution in [3.05, 3.63) is 35.6 Å². The molecule has 0 fully saturated rings. The highest BCUT2D eigenvalue weighted by molar-refractivity contribution is 7.99. The molecule has 8 heteroatoms. The van der Waals surface area contributed by atoms with Crippen LogP contribution in [-0.2, 0) is 13.6 Å². The minimum absolute atomic E-state index is 0. The molecule has 110 valence electrons. The summed E-state index contributed by atoms with van der Waals surface area (Å²) >= 11 is 1.62. The van der Waals surface area contributed by atoms with Crippen LogP contribution in [0.2, 0.25) is 0 Å². The fraction of sp³-hybridized carbons (Fsp3) is 0.417. The molecule has 0 spiro atoms. The molecule has 0 radical (unpaired) electrons. The summed E-state index contributed by atoms with van der Waals surface area (Å²) in [5.74, 6) is 0.771. The number of benzene rings is 1. The fourth-order valence-electron chi connectivity index (χ4n) is 1.57. The molecule has 5 nitrogen and oxygen atoms in total. The molecule has 0 amide bonds. The first-order valence-corrected chi connectivity index (χ1v) is 7.05. The van der Waals surface area contributed by atoms with Crippen LogP contribution < -0.4 is 17.7 Å². The minimum atomic E-state index is -0.158. The number of aryl methyl sites for hydroxylation is 1. The van der Waals surface area contributed by atoms with Crippen LogP contribution in [0.3, 0.4) is 0 Å². The lowest BCUT2D eigenvalue weighted by Crippen LogP contribution is -3.00. The number of nitrogens with one attached hydrogen (secondary N) is 1. The molecule has 2 aromatic rings. The van der Waals surface area contributed by atoms with Gasteiger partial charge in [0.05, 0.1) is 0 Å². The van der Waals surface area contributed by atoms with Gasteiger partial charge in [0.2, 0.25) is 5.16 Å². The Hall–Kier alpha value is -1.18. The van der Waals surface area contributed by atoms with E-state index >= 15 is 0 Å². The largest absolute Gasteiger partial charge is 1.00 e. The van der Waals surface area contributed by atoms with Gasteiger partial charge in [-0.15, -0.1) is 5.10 Å². The Morgan fingerprint density at radius 3 is 2.85 bits per heavy atom. The molecule has 0 aliphatic carbocycles. The van der Waals surface area contributed by atoms with E-state index in [2.05, 4.69) is 20.8 Å². The molecule has 1 aromatic heterocycles. The first-order chi connectivity index (χ1) is 9.27. The number of thioether (sulfide) groups is 1. The van der Waals surface area contributed by atoms with E-state index in [0.717, 1.165) is 23.9 Å². The van der Waals surface area contributed by atoms with Crippen LogP contribution in [0.25, 0.3) is 0 Å². The quantitative estimate of drug-likeness (QED) is 0.504. The third-order valence-electron chi connectivity index (χ3n) is 2.58. The van der Waals surface area contributed by atoms with Gasteiger partial charge in [0.1, 0.15) is 5.82 Å². The monoisotopic (exact) mass is 316 g/mol. The normalized spacial score (nSPS) is 10.3. The predicted molar refractivity (Wildman–Crippen MR) is 72.2 cm³/mol. The Bertz CT molecular complexity index is 522. The van der Waals surface area contributed by atoms with Crippen molar-refractivity contribution in [2.45, 2.75) is 18.1 Å². The lowest BCUT2D eigenvalue weighted by Gasteiger charge is -2.05. The maximum Gasteiger partial charge on any atom is 0.209 e. The van der Waals surface area contributed by atoms with Crippen LogP contribution in [0.15, 0.2) is 29.4 Å². The molecule has 20 heavy (non-hydrogen) atoms. The third-order valence-corrected chi connectivity index (χ3v) is 3.68.